The fourth-order valence-electron chi connectivity index (χ4n) is 4.17. The first-order chi connectivity index (χ1) is 13.8. The van der Waals surface area contributed by atoms with Gasteiger partial charge in [0.15, 0.2) is 5.96 Å². The summed E-state index contributed by atoms with van der Waals surface area (Å²) in [5.41, 5.74) is 1.12. The van der Waals surface area contributed by atoms with Crippen LogP contribution in [-0.2, 0) is 6.54 Å². The molecule has 4 rings (SSSR count). The van der Waals surface area contributed by atoms with Gasteiger partial charge in [0.05, 0.1) is 6.54 Å². The number of rotatable bonds is 4. The summed E-state index contributed by atoms with van der Waals surface area (Å²) in [5, 5.41) is 3.51. The van der Waals surface area contributed by atoms with Crippen molar-refractivity contribution < 1.29 is 0 Å². The van der Waals surface area contributed by atoms with Crippen LogP contribution in [0, 0.1) is 0 Å². The molecule has 2 aromatic heterocycles. The zero-order valence-corrected chi connectivity index (χ0v) is 20.2. The lowest BCUT2D eigenvalue weighted by Gasteiger charge is -2.45. The molecular formula is C21H31IN6S. The summed E-state index contributed by atoms with van der Waals surface area (Å²) in [5.74, 6) is 3.13. The maximum atomic E-state index is 4.94. The molecule has 8 heteroatoms. The maximum Gasteiger partial charge on any atom is 0.194 e. The molecule has 1 spiro atoms. The van der Waals surface area contributed by atoms with E-state index >= 15 is 0 Å². The predicted molar refractivity (Wildman–Crippen MR) is 131 cm³/mol. The van der Waals surface area contributed by atoms with E-state index in [1.807, 2.05) is 23.0 Å². The van der Waals surface area contributed by atoms with Gasteiger partial charge in [0.1, 0.15) is 12.1 Å². The van der Waals surface area contributed by atoms with Crippen LogP contribution in [0.1, 0.15) is 44.6 Å². The molecule has 0 amide bonds. The van der Waals surface area contributed by atoms with Gasteiger partial charge in [0, 0.05) is 48.7 Å². The molecule has 1 saturated carbocycles. The van der Waals surface area contributed by atoms with Crippen LogP contribution in [-0.4, -0.2) is 55.5 Å². The van der Waals surface area contributed by atoms with Gasteiger partial charge in [-0.3, -0.25) is 4.57 Å². The minimum Gasteiger partial charge on any atom is -0.357 e. The van der Waals surface area contributed by atoms with Crippen LogP contribution in [0.4, 0.5) is 0 Å². The number of hydrogen-bond acceptors (Lipinski definition) is 4. The van der Waals surface area contributed by atoms with Gasteiger partial charge in [-0.1, -0.05) is 25.3 Å². The van der Waals surface area contributed by atoms with Crippen LogP contribution in [0.25, 0.3) is 5.82 Å². The zero-order chi connectivity index (χ0) is 19.2. The van der Waals surface area contributed by atoms with E-state index in [0.717, 1.165) is 37.0 Å². The van der Waals surface area contributed by atoms with Crippen molar-refractivity contribution in [3.05, 3.63) is 42.6 Å². The number of nitrogens with one attached hydrogen (secondary N) is 1. The van der Waals surface area contributed by atoms with Gasteiger partial charge in [0.25, 0.3) is 0 Å². The molecule has 1 aliphatic heterocycles. The molecule has 2 aromatic rings. The summed E-state index contributed by atoms with van der Waals surface area (Å²) in [6.07, 6.45) is 14.2. The van der Waals surface area contributed by atoms with E-state index in [-0.39, 0.29) is 24.0 Å². The van der Waals surface area contributed by atoms with Crippen molar-refractivity contribution in [1.82, 2.24) is 24.8 Å². The molecule has 0 unspecified atom stereocenters. The molecule has 3 heterocycles. The fraction of sp³-hybridized carbons (Fsp3) is 0.571. The van der Waals surface area contributed by atoms with Gasteiger partial charge in [-0.2, -0.15) is 11.8 Å². The largest absolute Gasteiger partial charge is 0.357 e. The zero-order valence-electron chi connectivity index (χ0n) is 17.1. The Kier molecular flexibility index (Phi) is 8.23. The first kappa shape index (κ1) is 22.4. The normalized spacial score (nSPS) is 19.1. The molecule has 6 nitrogen and oxygen atoms in total. The Balaban J connectivity index is 0.00000240. The first-order valence-electron chi connectivity index (χ1n) is 10.4. The third kappa shape index (κ3) is 5.65. The molecule has 2 fully saturated rings. The first-order valence-corrected chi connectivity index (χ1v) is 11.4. The number of hydrogen-bond donors (Lipinski definition) is 1. The molecule has 0 bridgehead atoms. The average molecular weight is 526 g/mol. The maximum absolute atomic E-state index is 4.94. The van der Waals surface area contributed by atoms with Gasteiger partial charge >= 0.3 is 0 Å². The van der Waals surface area contributed by atoms with Crippen molar-refractivity contribution >= 4 is 41.7 Å². The van der Waals surface area contributed by atoms with Gasteiger partial charge in [-0.15, -0.1) is 24.0 Å². The Morgan fingerprint density at radius 1 is 1.28 bits per heavy atom. The molecule has 1 aliphatic carbocycles. The van der Waals surface area contributed by atoms with Crippen molar-refractivity contribution in [2.75, 3.05) is 25.4 Å². The molecule has 0 radical (unpaired) electrons. The average Bonchev–Trinajstić information content (AvgIpc) is 3.27. The smallest absolute Gasteiger partial charge is 0.194 e. The third-order valence-corrected chi connectivity index (χ3v) is 7.17. The summed E-state index contributed by atoms with van der Waals surface area (Å²) in [6, 6.07) is 4.12. The van der Waals surface area contributed by atoms with Crippen molar-refractivity contribution in [3.8, 4) is 5.82 Å². The summed E-state index contributed by atoms with van der Waals surface area (Å²) in [6.45, 7) is 5.90. The van der Waals surface area contributed by atoms with E-state index in [9.17, 15) is 0 Å². The highest BCUT2D eigenvalue weighted by atomic mass is 127. The van der Waals surface area contributed by atoms with E-state index in [1.165, 1.54) is 37.9 Å². The molecule has 29 heavy (non-hydrogen) atoms. The summed E-state index contributed by atoms with van der Waals surface area (Å²) in [4.78, 5) is 16.0. The lowest BCUT2D eigenvalue weighted by molar-refractivity contribution is 0.293. The highest BCUT2D eigenvalue weighted by Crippen LogP contribution is 2.42. The van der Waals surface area contributed by atoms with Gasteiger partial charge in [0.2, 0.25) is 0 Å². The van der Waals surface area contributed by atoms with Crippen molar-refractivity contribution in [3.63, 3.8) is 0 Å². The SMILES string of the molecule is CCNC(=NCc1ccc(-n2ccnc2)nc1)N1CCSC2(CCCCC2)C1.I. The molecule has 2 aliphatic rings. The fourth-order valence-corrected chi connectivity index (χ4v) is 5.74. The van der Waals surface area contributed by atoms with Crippen molar-refractivity contribution in [2.24, 2.45) is 4.99 Å². The molecule has 158 valence electrons. The Bertz CT molecular complexity index is 765. The van der Waals surface area contributed by atoms with Crippen LogP contribution in [0.5, 0.6) is 0 Å². The Labute approximate surface area is 195 Å². The van der Waals surface area contributed by atoms with Crippen molar-refractivity contribution in [1.29, 1.82) is 0 Å². The van der Waals surface area contributed by atoms with E-state index in [4.69, 9.17) is 4.99 Å². The van der Waals surface area contributed by atoms with Crippen LogP contribution in [0.15, 0.2) is 42.0 Å². The van der Waals surface area contributed by atoms with Crippen LogP contribution in [0.3, 0.4) is 0 Å². The van der Waals surface area contributed by atoms with E-state index in [0.29, 0.717) is 11.3 Å². The van der Waals surface area contributed by atoms with E-state index in [1.54, 1.807) is 12.5 Å². The number of thioether (sulfide) groups is 1. The van der Waals surface area contributed by atoms with Crippen LogP contribution >= 0.6 is 35.7 Å². The highest BCUT2D eigenvalue weighted by molar-refractivity contribution is 14.0. The number of aliphatic imine (C=N–C) groups is 1. The summed E-state index contributed by atoms with van der Waals surface area (Å²) in [7, 11) is 0. The van der Waals surface area contributed by atoms with Gasteiger partial charge in [-0.25, -0.2) is 15.0 Å². The second-order valence-corrected chi connectivity index (χ2v) is 9.24. The number of halogens is 1. The Hall–Kier alpha value is -1.29. The Morgan fingerprint density at radius 3 is 2.83 bits per heavy atom. The number of pyridine rings is 1. The monoisotopic (exact) mass is 526 g/mol. The van der Waals surface area contributed by atoms with E-state index < -0.39 is 0 Å². The van der Waals surface area contributed by atoms with Crippen LogP contribution in [0.2, 0.25) is 0 Å². The highest BCUT2D eigenvalue weighted by Gasteiger charge is 2.38. The van der Waals surface area contributed by atoms with Crippen molar-refractivity contribution in [2.45, 2.75) is 50.3 Å². The molecule has 1 saturated heterocycles. The number of guanidine groups is 1. The molecule has 1 N–H and O–H groups in total. The second-order valence-electron chi connectivity index (χ2n) is 7.68. The summed E-state index contributed by atoms with van der Waals surface area (Å²) < 4.78 is 2.35. The lowest BCUT2D eigenvalue weighted by atomic mass is 9.87. The minimum atomic E-state index is 0. The molecule has 0 aromatic carbocycles. The molecule has 0 atom stereocenters. The number of aromatic nitrogens is 3. The van der Waals surface area contributed by atoms with Gasteiger partial charge in [-0.05, 0) is 31.4 Å². The molecular weight excluding hydrogens is 495 g/mol. The lowest BCUT2D eigenvalue weighted by Crippen LogP contribution is -2.53. The Morgan fingerprint density at radius 2 is 2.14 bits per heavy atom. The van der Waals surface area contributed by atoms with Crippen LogP contribution < -0.4 is 5.32 Å². The van der Waals surface area contributed by atoms with Gasteiger partial charge < -0.3 is 10.2 Å². The minimum absolute atomic E-state index is 0. The topological polar surface area (TPSA) is 58.3 Å². The summed E-state index contributed by atoms with van der Waals surface area (Å²) >= 11 is 2.20. The number of nitrogens with zero attached hydrogens (tertiary/aromatic N) is 5. The quantitative estimate of drug-likeness (QED) is 0.370. The standard InChI is InChI=1S/C21H30N6S.HI/c1-2-23-20(26-12-13-28-21(16-26)8-4-3-5-9-21)25-15-18-6-7-19(24-14-18)27-11-10-22-17-27;/h6-7,10-11,14,17H,2-5,8-9,12-13,15-16H2,1H3,(H,23,25);1H. The number of imidazole rings is 1. The second kappa shape index (κ2) is 10.7. The van der Waals surface area contributed by atoms with E-state index in [2.05, 4.69) is 44.9 Å². The third-order valence-electron chi connectivity index (χ3n) is 5.64. The predicted octanol–water partition coefficient (Wildman–Crippen LogP) is 4.10.